The Labute approximate surface area is 153 Å². The number of hydrogen-bond donors (Lipinski definition) is 2. The van der Waals surface area contributed by atoms with Crippen LogP contribution in [0.2, 0.25) is 5.15 Å². The second-order valence-electron chi connectivity index (χ2n) is 6.13. The molecule has 0 aliphatic carbocycles. The lowest BCUT2D eigenvalue weighted by Crippen LogP contribution is -3.00. The molecule has 0 saturated carbocycles. The highest BCUT2D eigenvalue weighted by Gasteiger charge is 2.17. The van der Waals surface area contributed by atoms with Gasteiger partial charge in [-0.25, -0.2) is 10.4 Å². The van der Waals surface area contributed by atoms with Crippen molar-refractivity contribution in [1.29, 1.82) is 0 Å². The van der Waals surface area contributed by atoms with Gasteiger partial charge in [0.2, 0.25) is 0 Å². The molecular weight excluding hydrogens is 347 g/mol. The largest absolute Gasteiger partial charge is 1.00 e. The number of hydrazone groups is 1. The quantitative estimate of drug-likeness (QED) is 0.416. The van der Waals surface area contributed by atoms with Crippen molar-refractivity contribution < 1.29 is 22.9 Å². The van der Waals surface area contributed by atoms with Crippen molar-refractivity contribution >= 4 is 34.6 Å². The van der Waals surface area contributed by atoms with E-state index in [0.717, 1.165) is 22.9 Å². The molecule has 0 saturated heterocycles. The van der Waals surface area contributed by atoms with Gasteiger partial charge in [-0.2, -0.15) is 5.10 Å². The zero-order chi connectivity index (χ0) is 17.0. The minimum atomic E-state index is -0.319. The fourth-order valence-electron chi connectivity index (χ4n) is 2.29. The molecular formula is C17H22Cl2N4O. The van der Waals surface area contributed by atoms with Crippen LogP contribution in [0.1, 0.15) is 31.4 Å². The van der Waals surface area contributed by atoms with Crippen LogP contribution < -0.4 is 23.6 Å². The summed E-state index contributed by atoms with van der Waals surface area (Å²) in [6.45, 7) is 6.11. The van der Waals surface area contributed by atoms with Gasteiger partial charge in [0.15, 0.2) is 6.04 Å². The van der Waals surface area contributed by atoms with Crippen molar-refractivity contribution in [3.8, 4) is 0 Å². The number of carbonyl (C=O) groups is 1. The molecule has 0 bridgehead atoms. The molecule has 0 unspecified atom stereocenters. The lowest BCUT2D eigenvalue weighted by molar-refractivity contribution is -0.406. The van der Waals surface area contributed by atoms with Gasteiger partial charge in [-0.15, -0.1) is 0 Å². The molecule has 2 aromatic rings. The Morgan fingerprint density at radius 3 is 2.79 bits per heavy atom. The van der Waals surface area contributed by atoms with Gasteiger partial charge in [-0.1, -0.05) is 37.6 Å². The molecule has 130 valence electrons. The van der Waals surface area contributed by atoms with E-state index in [2.05, 4.69) is 35.1 Å². The highest BCUT2D eigenvalue weighted by atomic mass is 35.5. The molecule has 1 amide bonds. The van der Waals surface area contributed by atoms with E-state index in [1.165, 1.54) is 6.21 Å². The van der Waals surface area contributed by atoms with Gasteiger partial charge in [-0.3, -0.25) is 4.79 Å². The van der Waals surface area contributed by atoms with Crippen LogP contribution in [-0.2, 0) is 4.79 Å². The molecule has 24 heavy (non-hydrogen) atoms. The van der Waals surface area contributed by atoms with Gasteiger partial charge in [0.25, 0.3) is 5.91 Å². The fourth-order valence-corrected chi connectivity index (χ4v) is 2.49. The Morgan fingerprint density at radius 2 is 2.12 bits per heavy atom. The predicted octanol–water partition coefficient (Wildman–Crippen LogP) is -0.693. The van der Waals surface area contributed by atoms with Gasteiger partial charge in [0.05, 0.1) is 11.7 Å². The van der Waals surface area contributed by atoms with Crippen LogP contribution in [-0.4, -0.2) is 23.1 Å². The molecule has 0 spiro atoms. The molecule has 1 atom stereocenters. The van der Waals surface area contributed by atoms with Crippen molar-refractivity contribution in [3.05, 3.63) is 40.5 Å². The first-order valence-corrected chi connectivity index (χ1v) is 7.97. The summed E-state index contributed by atoms with van der Waals surface area (Å²) in [5, 5.41) is 5.30. The van der Waals surface area contributed by atoms with Crippen molar-refractivity contribution in [2.75, 3.05) is 0 Å². The Kier molecular flexibility index (Phi) is 7.60. The third kappa shape index (κ3) is 5.44. The lowest BCUT2D eigenvalue weighted by Gasteiger charge is -2.08. The number of rotatable bonds is 5. The molecule has 0 aliphatic heterocycles. The van der Waals surface area contributed by atoms with E-state index < -0.39 is 0 Å². The highest BCUT2D eigenvalue weighted by molar-refractivity contribution is 6.32. The van der Waals surface area contributed by atoms with E-state index in [4.69, 9.17) is 11.6 Å². The number of quaternary nitrogens is 1. The summed E-state index contributed by atoms with van der Waals surface area (Å²) < 4.78 is 0. The number of amides is 1. The number of aryl methyl sites for hydroxylation is 1. The fraction of sp³-hybridized carbons (Fsp3) is 0.353. The number of aromatic nitrogens is 1. The van der Waals surface area contributed by atoms with Crippen molar-refractivity contribution in [3.63, 3.8) is 0 Å². The van der Waals surface area contributed by atoms with Crippen molar-refractivity contribution in [2.45, 2.75) is 33.2 Å². The molecule has 7 heteroatoms. The summed E-state index contributed by atoms with van der Waals surface area (Å²) in [7, 11) is 0. The maximum absolute atomic E-state index is 11.9. The van der Waals surface area contributed by atoms with Crippen LogP contribution in [0.4, 0.5) is 0 Å². The highest BCUT2D eigenvalue weighted by Crippen LogP contribution is 2.20. The summed E-state index contributed by atoms with van der Waals surface area (Å²) in [6, 6.07) is 7.55. The van der Waals surface area contributed by atoms with E-state index in [9.17, 15) is 4.79 Å². The Bertz CT molecular complexity index is 747. The van der Waals surface area contributed by atoms with Crippen LogP contribution in [0, 0.1) is 12.8 Å². The maximum Gasteiger partial charge on any atom is 0.298 e. The second kappa shape index (κ2) is 8.97. The maximum atomic E-state index is 11.9. The summed E-state index contributed by atoms with van der Waals surface area (Å²) in [5.74, 6) is 0.213. The number of nitrogens with zero attached hydrogens (tertiary/aromatic N) is 2. The van der Waals surface area contributed by atoms with Crippen LogP contribution in [0.15, 0.2) is 29.4 Å². The van der Waals surface area contributed by atoms with E-state index >= 15 is 0 Å². The van der Waals surface area contributed by atoms with E-state index in [1.54, 1.807) is 0 Å². The standard InChI is InChI=1S/C17H21ClN4O.ClH/c1-10(2)6-14(19)17(23)22-20-9-13-8-12-5-4-11(3)7-15(12)21-16(13)18;/h4-5,7-10,14H,6,19H2,1-3H3,(H,22,23);1H/t14-;/m1./s1. The molecule has 1 aromatic carbocycles. The number of nitrogens with one attached hydrogen (secondary N) is 1. The summed E-state index contributed by atoms with van der Waals surface area (Å²) in [4.78, 5) is 16.2. The first-order chi connectivity index (χ1) is 10.9. The molecule has 5 nitrogen and oxygen atoms in total. The SMILES string of the molecule is Cc1ccc2cc(C=NNC(=O)[C@H]([NH3+])CC(C)C)c(Cl)nc2c1.[Cl-]. The van der Waals surface area contributed by atoms with Gasteiger partial charge in [0.1, 0.15) is 5.15 Å². The Balaban J connectivity index is 0.00000288. The van der Waals surface area contributed by atoms with Crippen molar-refractivity contribution in [2.24, 2.45) is 11.0 Å². The third-order valence-corrected chi connectivity index (χ3v) is 3.76. The molecule has 1 aromatic heterocycles. The summed E-state index contributed by atoms with van der Waals surface area (Å²) >= 11 is 6.17. The average molecular weight is 369 g/mol. The van der Waals surface area contributed by atoms with E-state index in [1.807, 2.05) is 31.2 Å². The Morgan fingerprint density at radius 1 is 1.42 bits per heavy atom. The van der Waals surface area contributed by atoms with Crippen LogP contribution in [0.3, 0.4) is 0 Å². The number of pyridine rings is 1. The average Bonchev–Trinajstić information content (AvgIpc) is 2.47. The first-order valence-electron chi connectivity index (χ1n) is 7.59. The van der Waals surface area contributed by atoms with Crippen molar-refractivity contribution in [1.82, 2.24) is 10.4 Å². The van der Waals surface area contributed by atoms with Gasteiger partial charge >= 0.3 is 0 Å². The molecule has 4 N–H and O–H groups in total. The third-order valence-electron chi connectivity index (χ3n) is 3.46. The monoisotopic (exact) mass is 368 g/mol. The number of hydrogen-bond acceptors (Lipinski definition) is 3. The van der Waals surface area contributed by atoms with Crippen LogP contribution >= 0.6 is 11.6 Å². The van der Waals surface area contributed by atoms with Crippen LogP contribution in [0.25, 0.3) is 10.9 Å². The van der Waals surface area contributed by atoms with Gasteiger partial charge in [0, 0.05) is 17.4 Å². The normalized spacial score (nSPS) is 12.4. The minimum absolute atomic E-state index is 0. The van der Waals surface area contributed by atoms with E-state index in [-0.39, 0.29) is 24.4 Å². The smallest absolute Gasteiger partial charge is 0.298 e. The number of halogens is 2. The van der Waals surface area contributed by atoms with Crippen LogP contribution in [0.5, 0.6) is 0 Å². The lowest BCUT2D eigenvalue weighted by atomic mass is 10.0. The zero-order valence-corrected chi connectivity index (χ0v) is 15.5. The Hall–Kier alpha value is -1.69. The summed E-state index contributed by atoms with van der Waals surface area (Å²) in [5.41, 5.74) is 8.97. The molecule has 0 radical (unpaired) electrons. The summed E-state index contributed by atoms with van der Waals surface area (Å²) in [6.07, 6.45) is 2.23. The molecule has 0 fully saturated rings. The molecule has 1 heterocycles. The molecule has 0 aliphatic rings. The molecule has 2 rings (SSSR count). The number of fused-ring (bicyclic) bond motifs is 1. The van der Waals surface area contributed by atoms with Gasteiger partial charge in [-0.05, 0) is 30.5 Å². The second-order valence-corrected chi connectivity index (χ2v) is 6.48. The number of benzene rings is 1. The van der Waals surface area contributed by atoms with E-state index in [0.29, 0.717) is 16.6 Å². The predicted molar refractivity (Wildman–Crippen MR) is 93.4 cm³/mol. The zero-order valence-electron chi connectivity index (χ0n) is 14.0. The number of carbonyl (C=O) groups excluding carboxylic acids is 1. The topological polar surface area (TPSA) is 82.0 Å². The van der Waals surface area contributed by atoms with Gasteiger partial charge < -0.3 is 18.1 Å². The first kappa shape index (κ1) is 20.4. The minimum Gasteiger partial charge on any atom is -1.00 e.